The summed E-state index contributed by atoms with van der Waals surface area (Å²) in [6.07, 6.45) is 8.08. The highest BCUT2D eigenvalue weighted by molar-refractivity contribution is 6.00. The van der Waals surface area contributed by atoms with Crippen LogP contribution >= 0.6 is 0 Å². The zero-order valence-corrected chi connectivity index (χ0v) is 17.4. The van der Waals surface area contributed by atoms with Crippen molar-refractivity contribution in [2.24, 2.45) is 0 Å². The Hall–Kier alpha value is -3.28. The maximum atomic E-state index is 12.4. The van der Waals surface area contributed by atoms with Gasteiger partial charge in [0.1, 0.15) is 6.04 Å². The average molecular weight is 407 g/mol. The summed E-state index contributed by atoms with van der Waals surface area (Å²) in [6, 6.07) is 15.9. The minimum atomic E-state index is -0.376. The summed E-state index contributed by atoms with van der Waals surface area (Å²) in [5.74, 6) is -0.0356. The van der Waals surface area contributed by atoms with E-state index in [9.17, 15) is 9.59 Å². The van der Waals surface area contributed by atoms with Gasteiger partial charge in [0.2, 0.25) is 5.91 Å². The highest BCUT2D eigenvalue weighted by Crippen LogP contribution is 2.19. The Morgan fingerprint density at radius 3 is 2.43 bits per heavy atom. The average Bonchev–Trinajstić information content (AvgIpc) is 2.75. The third kappa shape index (κ3) is 6.95. The lowest BCUT2D eigenvalue weighted by Crippen LogP contribution is -2.38. The zero-order valence-electron chi connectivity index (χ0n) is 17.4. The first-order valence-corrected chi connectivity index (χ1v) is 10.6. The highest BCUT2D eigenvalue weighted by Gasteiger charge is 2.13. The van der Waals surface area contributed by atoms with Crippen molar-refractivity contribution in [3.63, 3.8) is 0 Å². The molecule has 0 bridgehead atoms. The monoisotopic (exact) mass is 406 g/mol. The Balaban J connectivity index is 1.45. The minimum absolute atomic E-state index is 0.0356. The SMILES string of the molecule is C[C@@H](Nc1cccc(NC(=O)Nc2ccccc2)c1)C(=O)NCCC1=CCCCC1. The molecule has 0 heterocycles. The van der Waals surface area contributed by atoms with Gasteiger partial charge in [0, 0.05) is 23.6 Å². The first-order chi connectivity index (χ1) is 14.6. The quantitative estimate of drug-likeness (QED) is 0.458. The van der Waals surface area contributed by atoms with E-state index in [1.165, 1.54) is 18.4 Å². The molecule has 0 fully saturated rings. The molecule has 0 aromatic heterocycles. The summed E-state index contributed by atoms with van der Waals surface area (Å²) in [4.78, 5) is 24.5. The van der Waals surface area contributed by atoms with Crippen molar-refractivity contribution < 1.29 is 9.59 Å². The van der Waals surface area contributed by atoms with E-state index < -0.39 is 0 Å². The number of carbonyl (C=O) groups is 2. The summed E-state index contributed by atoms with van der Waals surface area (Å²) in [7, 11) is 0. The Kier molecular flexibility index (Phi) is 7.89. The van der Waals surface area contributed by atoms with Gasteiger partial charge >= 0.3 is 6.03 Å². The predicted molar refractivity (Wildman–Crippen MR) is 123 cm³/mol. The van der Waals surface area contributed by atoms with E-state index in [0.717, 1.165) is 30.6 Å². The first kappa shape index (κ1) is 21.4. The van der Waals surface area contributed by atoms with Crippen LogP contribution in [0, 0.1) is 0 Å². The van der Waals surface area contributed by atoms with E-state index in [2.05, 4.69) is 27.3 Å². The van der Waals surface area contributed by atoms with Gasteiger partial charge in [-0.15, -0.1) is 0 Å². The molecule has 0 radical (unpaired) electrons. The Morgan fingerprint density at radius 1 is 0.933 bits per heavy atom. The Labute approximate surface area is 178 Å². The topological polar surface area (TPSA) is 82.3 Å². The highest BCUT2D eigenvalue weighted by atomic mass is 16.2. The molecule has 0 spiro atoms. The molecule has 6 heteroatoms. The number of carbonyl (C=O) groups excluding carboxylic acids is 2. The summed E-state index contributed by atoms with van der Waals surface area (Å²) < 4.78 is 0. The number of hydrogen-bond donors (Lipinski definition) is 4. The molecule has 0 saturated heterocycles. The number of allylic oxidation sites excluding steroid dienone is 1. The fraction of sp³-hybridized carbons (Fsp3) is 0.333. The molecule has 0 saturated carbocycles. The number of anilines is 3. The second kappa shape index (κ2) is 11.0. The van der Waals surface area contributed by atoms with Gasteiger partial charge in [-0.2, -0.15) is 0 Å². The lowest BCUT2D eigenvalue weighted by molar-refractivity contribution is -0.121. The molecule has 30 heavy (non-hydrogen) atoms. The molecule has 2 aromatic carbocycles. The Morgan fingerprint density at radius 2 is 1.67 bits per heavy atom. The summed E-state index contributed by atoms with van der Waals surface area (Å²) in [5.41, 5.74) is 3.59. The normalized spacial score (nSPS) is 14.2. The number of nitrogens with one attached hydrogen (secondary N) is 4. The molecule has 1 aliphatic carbocycles. The molecule has 3 rings (SSSR count). The third-order valence-corrected chi connectivity index (χ3v) is 5.06. The van der Waals surface area contributed by atoms with Crippen molar-refractivity contribution >= 4 is 29.0 Å². The van der Waals surface area contributed by atoms with Crippen molar-refractivity contribution in [1.29, 1.82) is 0 Å². The van der Waals surface area contributed by atoms with Crippen LogP contribution in [0.15, 0.2) is 66.2 Å². The van der Waals surface area contributed by atoms with Gasteiger partial charge in [-0.1, -0.05) is 35.9 Å². The van der Waals surface area contributed by atoms with Gasteiger partial charge in [0.15, 0.2) is 0 Å². The number of hydrogen-bond acceptors (Lipinski definition) is 3. The maximum Gasteiger partial charge on any atom is 0.323 e. The molecule has 1 aliphatic rings. The molecule has 0 unspecified atom stereocenters. The van der Waals surface area contributed by atoms with Crippen LogP contribution < -0.4 is 21.3 Å². The third-order valence-electron chi connectivity index (χ3n) is 5.06. The molecule has 158 valence electrons. The summed E-state index contributed by atoms with van der Waals surface area (Å²) in [5, 5.41) is 11.8. The second-order valence-electron chi connectivity index (χ2n) is 7.54. The van der Waals surface area contributed by atoms with Gasteiger partial charge in [0.25, 0.3) is 0 Å². The van der Waals surface area contributed by atoms with E-state index in [1.54, 1.807) is 12.1 Å². The molecule has 2 aromatic rings. The first-order valence-electron chi connectivity index (χ1n) is 10.6. The van der Waals surface area contributed by atoms with Crippen molar-refractivity contribution in [3.05, 3.63) is 66.2 Å². The minimum Gasteiger partial charge on any atom is -0.374 e. The second-order valence-corrected chi connectivity index (χ2v) is 7.54. The van der Waals surface area contributed by atoms with Crippen LogP contribution in [0.1, 0.15) is 39.0 Å². The largest absolute Gasteiger partial charge is 0.374 e. The molecule has 3 amide bonds. The maximum absolute atomic E-state index is 12.4. The van der Waals surface area contributed by atoms with E-state index in [4.69, 9.17) is 0 Å². The number of rotatable bonds is 8. The van der Waals surface area contributed by atoms with Crippen LogP contribution in [0.2, 0.25) is 0 Å². The van der Waals surface area contributed by atoms with Crippen LogP contribution in [-0.4, -0.2) is 24.5 Å². The molecule has 6 nitrogen and oxygen atoms in total. The molecule has 4 N–H and O–H groups in total. The Bertz CT molecular complexity index is 880. The van der Waals surface area contributed by atoms with Crippen molar-refractivity contribution in [2.45, 2.75) is 45.1 Å². The number of amides is 3. The standard InChI is InChI=1S/C24H30N4O2/c1-18(23(29)25-16-15-19-9-4-2-5-10-19)26-21-13-8-14-22(17-21)28-24(30)27-20-11-6-3-7-12-20/h3,6-9,11-14,17-18,26H,2,4-5,10,15-16H2,1H3,(H,25,29)(H2,27,28,30)/t18-/m1/s1. The fourth-order valence-corrected chi connectivity index (χ4v) is 3.45. The summed E-state index contributed by atoms with van der Waals surface area (Å²) >= 11 is 0. The van der Waals surface area contributed by atoms with Gasteiger partial charge in [0.05, 0.1) is 0 Å². The van der Waals surface area contributed by atoms with Crippen LogP contribution in [0.3, 0.4) is 0 Å². The molecule has 0 aliphatic heterocycles. The van der Waals surface area contributed by atoms with Crippen LogP contribution in [-0.2, 0) is 4.79 Å². The van der Waals surface area contributed by atoms with Crippen molar-refractivity contribution in [3.8, 4) is 0 Å². The smallest absolute Gasteiger partial charge is 0.323 e. The summed E-state index contributed by atoms with van der Waals surface area (Å²) in [6.45, 7) is 2.50. The fourth-order valence-electron chi connectivity index (χ4n) is 3.45. The van der Waals surface area contributed by atoms with E-state index in [1.807, 2.05) is 49.4 Å². The van der Waals surface area contributed by atoms with Crippen LogP contribution in [0.25, 0.3) is 0 Å². The lowest BCUT2D eigenvalue weighted by Gasteiger charge is -2.17. The number of urea groups is 1. The molecular weight excluding hydrogens is 376 g/mol. The number of para-hydroxylation sites is 1. The van der Waals surface area contributed by atoms with Crippen LogP contribution in [0.4, 0.5) is 21.9 Å². The molecular formula is C24H30N4O2. The molecule has 1 atom stereocenters. The number of benzene rings is 2. The zero-order chi connectivity index (χ0) is 21.2. The van der Waals surface area contributed by atoms with E-state index in [0.29, 0.717) is 12.2 Å². The van der Waals surface area contributed by atoms with E-state index in [-0.39, 0.29) is 18.0 Å². The van der Waals surface area contributed by atoms with Gasteiger partial charge < -0.3 is 21.3 Å². The van der Waals surface area contributed by atoms with E-state index >= 15 is 0 Å². The predicted octanol–water partition coefficient (Wildman–Crippen LogP) is 5.14. The van der Waals surface area contributed by atoms with Gasteiger partial charge in [-0.3, -0.25) is 4.79 Å². The van der Waals surface area contributed by atoms with Gasteiger partial charge in [-0.25, -0.2) is 4.79 Å². The van der Waals surface area contributed by atoms with Crippen LogP contribution in [0.5, 0.6) is 0 Å². The van der Waals surface area contributed by atoms with Gasteiger partial charge in [-0.05, 0) is 69.4 Å². The van der Waals surface area contributed by atoms with Crippen molar-refractivity contribution in [1.82, 2.24) is 5.32 Å². The lowest BCUT2D eigenvalue weighted by atomic mass is 9.97. The van der Waals surface area contributed by atoms with Crippen molar-refractivity contribution in [2.75, 3.05) is 22.5 Å².